The van der Waals surface area contributed by atoms with E-state index in [1.165, 1.54) is 0 Å². The highest BCUT2D eigenvalue weighted by Gasteiger charge is 2.16. The fourth-order valence-corrected chi connectivity index (χ4v) is 2.41. The molecule has 0 fully saturated rings. The largest absolute Gasteiger partial charge is 0.269 e. The van der Waals surface area contributed by atoms with Crippen molar-refractivity contribution in [2.75, 3.05) is 0 Å². The summed E-state index contributed by atoms with van der Waals surface area (Å²) in [6.07, 6.45) is 5.61. The summed E-state index contributed by atoms with van der Waals surface area (Å²) in [6.45, 7) is 0. The van der Waals surface area contributed by atoms with Gasteiger partial charge in [0, 0.05) is 11.8 Å². The van der Waals surface area contributed by atoms with Gasteiger partial charge in [-0.1, -0.05) is 11.6 Å². The molecule has 4 heteroatoms. The van der Waals surface area contributed by atoms with E-state index in [1.54, 1.807) is 22.7 Å². The van der Waals surface area contributed by atoms with Crippen molar-refractivity contribution in [1.82, 2.24) is 9.38 Å². The molecule has 2 aromatic rings. The van der Waals surface area contributed by atoms with Gasteiger partial charge in [0.15, 0.2) is 0 Å². The molecule has 0 aliphatic heterocycles. The molecule has 16 heavy (non-hydrogen) atoms. The van der Waals surface area contributed by atoms with Crippen LogP contribution in [-0.2, 0) is 12.8 Å². The molecule has 0 amide bonds. The molecule has 0 aromatic carbocycles. The number of fused-ring (bicyclic) bond motifs is 2. The van der Waals surface area contributed by atoms with Gasteiger partial charge in [0.05, 0.1) is 10.7 Å². The van der Waals surface area contributed by atoms with Crippen molar-refractivity contribution in [1.29, 1.82) is 0 Å². The molecule has 0 bridgehead atoms. The lowest BCUT2D eigenvalue weighted by Gasteiger charge is -2.14. The summed E-state index contributed by atoms with van der Waals surface area (Å²) < 4.78 is 1.55. The van der Waals surface area contributed by atoms with E-state index in [0.717, 1.165) is 36.9 Å². The number of rotatable bonds is 0. The van der Waals surface area contributed by atoms with Gasteiger partial charge in [-0.15, -0.1) is 0 Å². The van der Waals surface area contributed by atoms with E-state index in [2.05, 4.69) is 4.98 Å². The molecule has 0 atom stereocenters. The molecule has 1 aliphatic rings. The highest BCUT2D eigenvalue weighted by Crippen LogP contribution is 2.17. The van der Waals surface area contributed by atoms with Crippen molar-refractivity contribution in [3.8, 4) is 0 Å². The Bertz CT molecular complexity index is 618. The normalized spacial score (nSPS) is 15.1. The van der Waals surface area contributed by atoms with Gasteiger partial charge in [-0.2, -0.15) is 0 Å². The number of hydrogen-bond acceptors (Lipinski definition) is 2. The predicted molar refractivity (Wildman–Crippen MR) is 63.1 cm³/mol. The summed E-state index contributed by atoms with van der Waals surface area (Å²) in [4.78, 5) is 16.7. The van der Waals surface area contributed by atoms with Crippen LogP contribution >= 0.6 is 11.6 Å². The van der Waals surface area contributed by atoms with Crippen molar-refractivity contribution in [3.05, 3.63) is 45.0 Å². The first-order valence-corrected chi connectivity index (χ1v) is 5.83. The first-order valence-electron chi connectivity index (χ1n) is 5.45. The third-order valence-corrected chi connectivity index (χ3v) is 3.28. The molecule has 2 heterocycles. The SMILES string of the molecule is O=c1c2c(nc3ccc(Cl)cn13)CCCC2. The summed E-state index contributed by atoms with van der Waals surface area (Å²) in [5, 5.41) is 0.562. The zero-order valence-corrected chi connectivity index (χ0v) is 9.50. The summed E-state index contributed by atoms with van der Waals surface area (Å²) in [6, 6.07) is 3.55. The molecule has 0 saturated carbocycles. The highest BCUT2D eigenvalue weighted by atomic mass is 35.5. The Morgan fingerprint density at radius 3 is 2.94 bits per heavy atom. The highest BCUT2D eigenvalue weighted by molar-refractivity contribution is 6.30. The lowest BCUT2D eigenvalue weighted by Crippen LogP contribution is -2.24. The number of halogens is 1. The minimum atomic E-state index is 0.0437. The van der Waals surface area contributed by atoms with Crippen LogP contribution in [0.4, 0.5) is 0 Å². The van der Waals surface area contributed by atoms with Crippen LogP contribution in [-0.4, -0.2) is 9.38 Å². The van der Waals surface area contributed by atoms with E-state index in [9.17, 15) is 4.79 Å². The van der Waals surface area contributed by atoms with Gasteiger partial charge in [-0.3, -0.25) is 9.20 Å². The molecule has 3 nitrogen and oxygen atoms in total. The Kier molecular flexibility index (Phi) is 2.21. The number of hydrogen-bond donors (Lipinski definition) is 0. The molecule has 0 unspecified atom stereocenters. The van der Waals surface area contributed by atoms with Gasteiger partial charge in [0.25, 0.3) is 5.56 Å². The van der Waals surface area contributed by atoms with E-state index in [0.29, 0.717) is 10.7 Å². The first kappa shape index (κ1) is 9.85. The van der Waals surface area contributed by atoms with Crippen LogP contribution in [0.3, 0.4) is 0 Å². The molecule has 0 radical (unpaired) electrons. The van der Waals surface area contributed by atoms with Crippen LogP contribution in [0.25, 0.3) is 5.65 Å². The van der Waals surface area contributed by atoms with Gasteiger partial charge in [0.2, 0.25) is 0 Å². The monoisotopic (exact) mass is 234 g/mol. The Morgan fingerprint density at radius 2 is 2.06 bits per heavy atom. The molecule has 82 valence electrons. The van der Waals surface area contributed by atoms with Crippen molar-refractivity contribution < 1.29 is 0 Å². The van der Waals surface area contributed by atoms with Crippen LogP contribution in [0.5, 0.6) is 0 Å². The minimum Gasteiger partial charge on any atom is -0.269 e. The molecule has 0 spiro atoms. The zero-order chi connectivity index (χ0) is 11.1. The topological polar surface area (TPSA) is 34.4 Å². The predicted octanol–water partition coefficient (Wildman–Crippen LogP) is 2.23. The second-order valence-corrected chi connectivity index (χ2v) is 4.56. The molecular formula is C12H11ClN2O. The number of aromatic nitrogens is 2. The van der Waals surface area contributed by atoms with Crippen molar-refractivity contribution in [2.24, 2.45) is 0 Å². The average Bonchev–Trinajstić information content (AvgIpc) is 2.31. The minimum absolute atomic E-state index is 0.0437. The van der Waals surface area contributed by atoms with Gasteiger partial charge < -0.3 is 0 Å². The second kappa shape index (κ2) is 3.59. The third-order valence-electron chi connectivity index (χ3n) is 3.06. The Balaban J connectivity index is 2.40. The van der Waals surface area contributed by atoms with Gasteiger partial charge in [0.1, 0.15) is 5.65 Å². The lowest BCUT2D eigenvalue weighted by atomic mass is 9.97. The third kappa shape index (κ3) is 1.43. The number of aryl methyl sites for hydroxylation is 1. The Labute approximate surface area is 97.7 Å². The van der Waals surface area contributed by atoms with E-state index in [1.807, 2.05) is 0 Å². The van der Waals surface area contributed by atoms with Crippen molar-refractivity contribution in [3.63, 3.8) is 0 Å². The maximum absolute atomic E-state index is 12.2. The van der Waals surface area contributed by atoms with E-state index in [4.69, 9.17) is 11.6 Å². The molecule has 3 rings (SSSR count). The quantitative estimate of drug-likeness (QED) is 0.701. The van der Waals surface area contributed by atoms with Gasteiger partial charge in [-0.25, -0.2) is 4.98 Å². The fourth-order valence-electron chi connectivity index (χ4n) is 2.25. The van der Waals surface area contributed by atoms with Gasteiger partial charge >= 0.3 is 0 Å². The molecule has 0 N–H and O–H groups in total. The van der Waals surface area contributed by atoms with Crippen molar-refractivity contribution >= 4 is 17.2 Å². The maximum atomic E-state index is 12.2. The van der Waals surface area contributed by atoms with E-state index < -0.39 is 0 Å². The van der Waals surface area contributed by atoms with Crippen LogP contribution in [0, 0.1) is 0 Å². The standard InChI is InChI=1S/C12H11ClN2O/c13-8-5-6-11-14-10-4-2-1-3-9(10)12(16)15(11)7-8/h5-7H,1-4H2. The smallest absolute Gasteiger partial charge is 0.261 e. The molecule has 0 saturated heterocycles. The summed E-state index contributed by atoms with van der Waals surface area (Å²) in [5.41, 5.74) is 2.57. The second-order valence-electron chi connectivity index (χ2n) is 4.12. The summed E-state index contributed by atoms with van der Waals surface area (Å²) in [7, 11) is 0. The molecule has 2 aromatic heterocycles. The zero-order valence-electron chi connectivity index (χ0n) is 8.74. The molecular weight excluding hydrogens is 224 g/mol. The van der Waals surface area contributed by atoms with Crippen molar-refractivity contribution in [2.45, 2.75) is 25.7 Å². The van der Waals surface area contributed by atoms with Crippen LogP contribution in [0.1, 0.15) is 24.1 Å². The van der Waals surface area contributed by atoms with Crippen LogP contribution < -0.4 is 5.56 Å². The van der Waals surface area contributed by atoms with E-state index in [-0.39, 0.29) is 5.56 Å². The number of pyridine rings is 1. The molecule has 1 aliphatic carbocycles. The van der Waals surface area contributed by atoms with E-state index >= 15 is 0 Å². The van der Waals surface area contributed by atoms with Crippen LogP contribution in [0.2, 0.25) is 5.02 Å². The fraction of sp³-hybridized carbons (Fsp3) is 0.333. The number of nitrogens with zero attached hydrogens (tertiary/aromatic N) is 2. The summed E-state index contributed by atoms with van der Waals surface area (Å²) in [5.74, 6) is 0. The first-order chi connectivity index (χ1) is 7.75. The Hall–Kier alpha value is -1.35. The lowest BCUT2D eigenvalue weighted by molar-refractivity contribution is 0.656. The summed E-state index contributed by atoms with van der Waals surface area (Å²) >= 11 is 5.89. The van der Waals surface area contributed by atoms with Crippen LogP contribution in [0.15, 0.2) is 23.1 Å². The Morgan fingerprint density at radius 1 is 1.25 bits per heavy atom. The van der Waals surface area contributed by atoms with Gasteiger partial charge in [-0.05, 0) is 37.8 Å². The average molecular weight is 235 g/mol. The maximum Gasteiger partial charge on any atom is 0.261 e.